The van der Waals surface area contributed by atoms with E-state index in [1.807, 2.05) is 18.2 Å². The van der Waals surface area contributed by atoms with Crippen LogP contribution in [0.1, 0.15) is 47.2 Å². The van der Waals surface area contributed by atoms with E-state index in [4.69, 9.17) is 9.97 Å². The molecule has 274 valence electrons. The quantitative estimate of drug-likeness (QED) is 0.176. The molecule has 0 unspecified atom stereocenters. The van der Waals surface area contributed by atoms with Gasteiger partial charge >= 0.3 is 0 Å². The molecule has 2 heteroatoms. The SMILES string of the molecule is CC1(C)c2ccccc2C2(c3ccccc3-c3ccc(-c4ccc(-c5cc(-c6ccccc6-c6ccccc6)nc(-c6ccccc6)n5)cc4)cc32)c2ccccc21. The van der Waals surface area contributed by atoms with Crippen LogP contribution in [-0.4, -0.2) is 9.97 Å². The van der Waals surface area contributed by atoms with Gasteiger partial charge < -0.3 is 0 Å². The summed E-state index contributed by atoms with van der Waals surface area (Å²) in [6, 6.07) is 74.8. The number of benzene rings is 8. The Bertz CT molecular complexity index is 2970. The fourth-order valence-electron chi connectivity index (χ4n) is 9.90. The average molecular weight is 741 g/mol. The fraction of sp³-hybridized carbons (Fsp3) is 0.0714. The molecule has 0 N–H and O–H groups in total. The lowest BCUT2D eigenvalue weighted by atomic mass is 9.55. The Labute approximate surface area is 340 Å². The van der Waals surface area contributed by atoms with E-state index in [-0.39, 0.29) is 5.41 Å². The number of hydrogen-bond acceptors (Lipinski definition) is 2. The minimum atomic E-state index is -0.425. The van der Waals surface area contributed by atoms with Crippen molar-refractivity contribution in [3.05, 3.63) is 240 Å². The number of rotatable bonds is 5. The molecule has 9 aromatic rings. The third-order valence-electron chi connectivity index (χ3n) is 12.6. The van der Waals surface area contributed by atoms with Gasteiger partial charge in [0.1, 0.15) is 0 Å². The topological polar surface area (TPSA) is 25.8 Å². The highest BCUT2D eigenvalue weighted by Crippen LogP contribution is 2.62. The van der Waals surface area contributed by atoms with Gasteiger partial charge in [0.05, 0.1) is 16.8 Å². The standard InChI is InChI=1S/C56H40N2/c1-55(2)47-25-13-15-27-49(47)56(50-28-16-14-26-48(50)55)46-24-12-11-22-43(46)44-34-33-41(35-51(44)56)37-29-31-39(32-30-37)52-36-53(58-54(57-52)40-19-7-4-8-20-40)45-23-10-9-21-42(45)38-17-5-3-6-18-38/h3-36H,1-2H3. The van der Waals surface area contributed by atoms with Gasteiger partial charge in [0, 0.05) is 22.1 Å². The summed E-state index contributed by atoms with van der Waals surface area (Å²) >= 11 is 0. The summed E-state index contributed by atoms with van der Waals surface area (Å²) in [5, 5.41) is 0. The zero-order valence-electron chi connectivity index (χ0n) is 32.5. The van der Waals surface area contributed by atoms with Gasteiger partial charge in [-0.15, -0.1) is 0 Å². The summed E-state index contributed by atoms with van der Waals surface area (Å²) in [6.07, 6.45) is 0. The van der Waals surface area contributed by atoms with E-state index in [2.05, 4.69) is 202 Å². The maximum atomic E-state index is 5.17. The van der Waals surface area contributed by atoms with Crippen LogP contribution >= 0.6 is 0 Å². The Balaban J connectivity index is 1.05. The fourth-order valence-corrected chi connectivity index (χ4v) is 9.90. The summed E-state index contributed by atoms with van der Waals surface area (Å²) in [4.78, 5) is 10.3. The smallest absolute Gasteiger partial charge is 0.160 e. The molecule has 1 heterocycles. The highest BCUT2D eigenvalue weighted by atomic mass is 14.9. The van der Waals surface area contributed by atoms with Crippen LogP contribution in [-0.2, 0) is 10.8 Å². The lowest BCUT2D eigenvalue weighted by Crippen LogP contribution is -2.40. The summed E-state index contributed by atoms with van der Waals surface area (Å²) in [5.41, 5.74) is 19.8. The first-order valence-corrected chi connectivity index (χ1v) is 20.2. The van der Waals surface area contributed by atoms with Crippen molar-refractivity contribution in [2.45, 2.75) is 24.7 Å². The van der Waals surface area contributed by atoms with Crippen molar-refractivity contribution in [1.82, 2.24) is 9.97 Å². The average Bonchev–Trinajstić information content (AvgIpc) is 3.59. The van der Waals surface area contributed by atoms with Gasteiger partial charge in [0.2, 0.25) is 0 Å². The Hall–Kier alpha value is -7.16. The lowest BCUT2D eigenvalue weighted by molar-refractivity contribution is 0.563. The number of nitrogens with zero attached hydrogens (tertiary/aromatic N) is 2. The summed E-state index contributed by atoms with van der Waals surface area (Å²) in [7, 11) is 0. The van der Waals surface area contributed by atoms with E-state index in [1.54, 1.807) is 0 Å². The largest absolute Gasteiger partial charge is 0.228 e. The number of fused-ring (bicyclic) bond motifs is 9. The molecule has 0 radical (unpaired) electrons. The van der Waals surface area contributed by atoms with Crippen LogP contribution in [0, 0.1) is 0 Å². The third kappa shape index (κ3) is 5.11. The zero-order chi connectivity index (χ0) is 38.8. The van der Waals surface area contributed by atoms with Gasteiger partial charge in [-0.3, -0.25) is 0 Å². The van der Waals surface area contributed by atoms with Crippen molar-refractivity contribution in [3.63, 3.8) is 0 Å². The molecule has 8 aromatic carbocycles. The molecule has 0 bridgehead atoms. The van der Waals surface area contributed by atoms with Gasteiger partial charge in [-0.25, -0.2) is 9.97 Å². The highest BCUT2D eigenvalue weighted by molar-refractivity contribution is 5.90. The Morgan fingerprint density at radius 1 is 0.293 bits per heavy atom. The van der Waals surface area contributed by atoms with Crippen molar-refractivity contribution >= 4 is 0 Å². The van der Waals surface area contributed by atoms with Crippen molar-refractivity contribution in [3.8, 4) is 67.3 Å². The van der Waals surface area contributed by atoms with E-state index < -0.39 is 5.41 Å². The first kappa shape index (κ1) is 34.1. The molecule has 0 saturated heterocycles. The Morgan fingerprint density at radius 3 is 1.41 bits per heavy atom. The van der Waals surface area contributed by atoms with Crippen LogP contribution in [0.4, 0.5) is 0 Å². The number of hydrogen-bond donors (Lipinski definition) is 0. The molecule has 11 rings (SSSR count). The normalized spacial score (nSPS) is 14.0. The van der Waals surface area contributed by atoms with Crippen LogP contribution < -0.4 is 0 Å². The summed E-state index contributed by atoms with van der Waals surface area (Å²) in [5.74, 6) is 0.708. The molecule has 0 aliphatic heterocycles. The van der Waals surface area contributed by atoms with Crippen LogP contribution in [0.25, 0.3) is 67.3 Å². The Kier molecular flexibility index (Phi) is 7.78. The van der Waals surface area contributed by atoms with E-state index in [1.165, 1.54) is 55.6 Å². The summed E-state index contributed by atoms with van der Waals surface area (Å²) in [6.45, 7) is 4.76. The van der Waals surface area contributed by atoms with Crippen molar-refractivity contribution in [2.75, 3.05) is 0 Å². The molecule has 0 saturated carbocycles. The predicted molar refractivity (Wildman–Crippen MR) is 239 cm³/mol. The van der Waals surface area contributed by atoms with Gasteiger partial charge in [-0.2, -0.15) is 0 Å². The van der Waals surface area contributed by atoms with E-state index in [9.17, 15) is 0 Å². The van der Waals surface area contributed by atoms with E-state index in [0.29, 0.717) is 5.82 Å². The van der Waals surface area contributed by atoms with Crippen molar-refractivity contribution in [2.24, 2.45) is 0 Å². The van der Waals surface area contributed by atoms with Crippen LogP contribution in [0.2, 0.25) is 0 Å². The predicted octanol–water partition coefficient (Wildman–Crippen LogP) is 13.8. The van der Waals surface area contributed by atoms with Crippen LogP contribution in [0.15, 0.2) is 206 Å². The highest BCUT2D eigenvalue weighted by Gasteiger charge is 2.53. The molecule has 58 heavy (non-hydrogen) atoms. The molecule has 2 aliphatic carbocycles. The monoisotopic (exact) mass is 740 g/mol. The summed E-state index contributed by atoms with van der Waals surface area (Å²) < 4.78 is 0. The van der Waals surface area contributed by atoms with Gasteiger partial charge in [0.15, 0.2) is 5.82 Å². The van der Waals surface area contributed by atoms with Gasteiger partial charge in [0.25, 0.3) is 0 Å². The molecule has 1 spiro atoms. The van der Waals surface area contributed by atoms with Crippen LogP contribution in [0.3, 0.4) is 0 Å². The van der Waals surface area contributed by atoms with E-state index >= 15 is 0 Å². The van der Waals surface area contributed by atoms with Gasteiger partial charge in [-0.1, -0.05) is 208 Å². The molecular weight excluding hydrogens is 701 g/mol. The zero-order valence-corrected chi connectivity index (χ0v) is 32.5. The number of aromatic nitrogens is 2. The second-order valence-electron chi connectivity index (χ2n) is 16.1. The molecule has 2 aliphatic rings. The first-order chi connectivity index (χ1) is 28.5. The molecule has 2 nitrogen and oxygen atoms in total. The van der Waals surface area contributed by atoms with Crippen molar-refractivity contribution in [1.29, 1.82) is 0 Å². The lowest BCUT2D eigenvalue weighted by Gasteiger charge is -2.46. The molecular formula is C56H40N2. The van der Waals surface area contributed by atoms with E-state index in [0.717, 1.165) is 39.2 Å². The molecule has 0 amide bonds. The maximum Gasteiger partial charge on any atom is 0.160 e. The maximum absolute atomic E-state index is 5.17. The van der Waals surface area contributed by atoms with Gasteiger partial charge in [-0.05, 0) is 78.9 Å². The molecule has 0 fully saturated rings. The molecule has 0 atom stereocenters. The molecule has 1 aromatic heterocycles. The van der Waals surface area contributed by atoms with Crippen molar-refractivity contribution < 1.29 is 0 Å². The second kappa shape index (κ2) is 13.2. The third-order valence-corrected chi connectivity index (χ3v) is 12.6. The minimum absolute atomic E-state index is 0.131. The Morgan fingerprint density at radius 2 is 0.759 bits per heavy atom. The second-order valence-corrected chi connectivity index (χ2v) is 16.1. The minimum Gasteiger partial charge on any atom is -0.228 e. The van der Waals surface area contributed by atoms with Crippen LogP contribution in [0.5, 0.6) is 0 Å². The first-order valence-electron chi connectivity index (χ1n) is 20.2.